The third kappa shape index (κ3) is 3.73. The molecule has 1 aliphatic rings. The van der Waals surface area contributed by atoms with Gasteiger partial charge >= 0.3 is 0 Å². The normalized spacial score (nSPS) is 17.5. The molecule has 0 spiro atoms. The van der Waals surface area contributed by atoms with Crippen molar-refractivity contribution in [3.8, 4) is 0 Å². The molecule has 0 saturated carbocycles. The van der Waals surface area contributed by atoms with Crippen LogP contribution in [0.1, 0.15) is 17.4 Å². The molecule has 1 atom stereocenters. The van der Waals surface area contributed by atoms with Gasteiger partial charge in [0.25, 0.3) is 0 Å². The number of aryl methyl sites for hydroxylation is 1. The highest BCUT2D eigenvalue weighted by Crippen LogP contribution is 2.21. The molecule has 0 radical (unpaired) electrons. The average Bonchev–Trinajstić information content (AvgIpc) is 2.97. The fourth-order valence-electron chi connectivity index (χ4n) is 2.86. The van der Waals surface area contributed by atoms with Gasteiger partial charge in [-0.1, -0.05) is 6.07 Å². The molecule has 0 aliphatic carbocycles. The maximum absolute atomic E-state index is 13.3. The Morgan fingerprint density at radius 2 is 2.17 bits per heavy atom. The van der Waals surface area contributed by atoms with E-state index >= 15 is 0 Å². The topological polar surface area (TPSA) is 50.2 Å². The van der Waals surface area contributed by atoms with Gasteiger partial charge in [0.1, 0.15) is 11.9 Å². The fraction of sp³-hybridized carbons (Fsp3) is 0.375. The third-order valence-electron chi connectivity index (χ3n) is 4.06. The van der Waals surface area contributed by atoms with Crippen LogP contribution >= 0.6 is 12.4 Å². The van der Waals surface area contributed by atoms with E-state index in [1.54, 1.807) is 11.1 Å². The highest BCUT2D eigenvalue weighted by atomic mass is 35.5. The molecule has 1 aromatic carbocycles. The maximum Gasteiger partial charge on any atom is 0.227 e. The van der Waals surface area contributed by atoms with Crippen LogP contribution in [0.25, 0.3) is 0 Å². The Morgan fingerprint density at radius 1 is 1.38 bits per heavy atom. The van der Waals surface area contributed by atoms with Gasteiger partial charge < -0.3 is 14.8 Å². The molecular formula is C16H19ClF2N4O. The Kier molecular flexibility index (Phi) is 5.90. The Morgan fingerprint density at radius 3 is 2.83 bits per heavy atom. The maximum atomic E-state index is 13.3. The van der Waals surface area contributed by atoms with Crippen LogP contribution in [0.3, 0.4) is 0 Å². The first kappa shape index (κ1) is 18.4. The van der Waals surface area contributed by atoms with Gasteiger partial charge in [0, 0.05) is 39.1 Å². The van der Waals surface area contributed by atoms with E-state index in [0.717, 1.165) is 18.0 Å². The SMILES string of the molecule is Cl.Cn1ccnc1C1CNCCN1C(=O)Cc1ccc(F)c(F)c1. The molecule has 1 aromatic heterocycles. The van der Waals surface area contributed by atoms with Crippen molar-refractivity contribution in [2.24, 2.45) is 7.05 Å². The summed E-state index contributed by atoms with van der Waals surface area (Å²) in [6.45, 7) is 1.87. The van der Waals surface area contributed by atoms with E-state index in [0.29, 0.717) is 25.2 Å². The van der Waals surface area contributed by atoms with Gasteiger partial charge in [-0.25, -0.2) is 13.8 Å². The summed E-state index contributed by atoms with van der Waals surface area (Å²) in [6, 6.07) is 3.40. The zero-order chi connectivity index (χ0) is 16.4. The lowest BCUT2D eigenvalue weighted by Crippen LogP contribution is -2.49. The standard InChI is InChI=1S/C16H18F2N4O.ClH/c1-21-6-5-20-16(21)14-10-19-4-7-22(14)15(23)9-11-2-3-12(17)13(18)8-11;/h2-3,5-6,8,14,19H,4,7,9-10H2,1H3;1H. The van der Waals surface area contributed by atoms with E-state index in [1.807, 2.05) is 17.8 Å². The van der Waals surface area contributed by atoms with Crippen molar-refractivity contribution in [2.75, 3.05) is 19.6 Å². The Labute approximate surface area is 145 Å². The Bertz CT molecular complexity index is 722. The number of imidazole rings is 1. The number of hydrogen-bond donors (Lipinski definition) is 1. The molecule has 0 bridgehead atoms. The first-order valence-electron chi connectivity index (χ1n) is 7.47. The van der Waals surface area contributed by atoms with Crippen LogP contribution in [0.2, 0.25) is 0 Å². The van der Waals surface area contributed by atoms with Crippen LogP contribution in [0.5, 0.6) is 0 Å². The monoisotopic (exact) mass is 356 g/mol. The van der Waals surface area contributed by atoms with E-state index in [2.05, 4.69) is 10.3 Å². The molecule has 1 N–H and O–H groups in total. The van der Waals surface area contributed by atoms with Crippen LogP contribution in [0.4, 0.5) is 8.78 Å². The van der Waals surface area contributed by atoms with E-state index < -0.39 is 11.6 Å². The number of nitrogens with zero attached hydrogens (tertiary/aromatic N) is 3. The number of hydrogen-bond acceptors (Lipinski definition) is 3. The van der Waals surface area contributed by atoms with E-state index in [4.69, 9.17) is 0 Å². The van der Waals surface area contributed by atoms with Crippen LogP contribution < -0.4 is 5.32 Å². The van der Waals surface area contributed by atoms with Crippen LogP contribution in [-0.4, -0.2) is 40.0 Å². The molecule has 8 heteroatoms. The summed E-state index contributed by atoms with van der Waals surface area (Å²) in [4.78, 5) is 18.7. The highest BCUT2D eigenvalue weighted by molar-refractivity contribution is 5.85. The number of aromatic nitrogens is 2. The van der Waals surface area contributed by atoms with Crippen LogP contribution in [-0.2, 0) is 18.3 Å². The van der Waals surface area contributed by atoms with Crippen molar-refractivity contribution < 1.29 is 13.6 Å². The van der Waals surface area contributed by atoms with E-state index in [-0.39, 0.29) is 30.8 Å². The lowest BCUT2D eigenvalue weighted by atomic mass is 10.1. The lowest BCUT2D eigenvalue weighted by Gasteiger charge is -2.35. The number of carbonyl (C=O) groups excluding carboxylic acids is 1. The number of amides is 1. The minimum Gasteiger partial charge on any atom is -0.336 e. The molecule has 5 nitrogen and oxygen atoms in total. The number of piperazine rings is 1. The summed E-state index contributed by atoms with van der Waals surface area (Å²) < 4.78 is 28.2. The predicted octanol–water partition coefficient (Wildman–Crippen LogP) is 1.84. The summed E-state index contributed by atoms with van der Waals surface area (Å²) in [5.41, 5.74) is 0.464. The summed E-state index contributed by atoms with van der Waals surface area (Å²) in [7, 11) is 1.88. The zero-order valence-corrected chi connectivity index (χ0v) is 14.0. The second-order valence-electron chi connectivity index (χ2n) is 5.63. The molecule has 1 aliphatic heterocycles. The summed E-state index contributed by atoms with van der Waals surface area (Å²) in [5.74, 6) is -1.16. The van der Waals surface area contributed by atoms with Crippen molar-refractivity contribution in [2.45, 2.75) is 12.5 Å². The number of nitrogens with one attached hydrogen (secondary N) is 1. The number of benzene rings is 1. The first-order chi connectivity index (χ1) is 11.1. The average molecular weight is 357 g/mol. The Balaban J connectivity index is 0.00000208. The molecule has 1 fully saturated rings. The van der Waals surface area contributed by atoms with E-state index in [1.165, 1.54) is 6.07 Å². The molecular weight excluding hydrogens is 338 g/mol. The van der Waals surface area contributed by atoms with Gasteiger partial charge in [0.05, 0.1) is 6.42 Å². The van der Waals surface area contributed by atoms with Crippen molar-refractivity contribution in [1.82, 2.24) is 19.8 Å². The van der Waals surface area contributed by atoms with Crippen LogP contribution in [0, 0.1) is 11.6 Å². The smallest absolute Gasteiger partial charge is 0.227 e. The van der Waals surface area contributed by atoms with Crippen molar-refractivity contribution in [3.05, 3.63) is 53.6 Å². The largest absolute Gasteiger partial charge is 0.336 e. The van der Waals surface area contributed by atoms with Gasteiger partial charge in [0.2, 0.25) is 5.91 Å². The summed E-state index contributed by atoms with van der Waals surface area (Å²) >= 11 is 0. The fourth-order valence-corrected chi connectivity index (χ4v) is 2.86. The lowest BCUT2D eigenvalue weighted by molar-refractivity contribution is -0.134. The molecule has 1 amide bonds. The van der Waals surface area contributed by atoms with Crippen LogP contribution in [0.15, 0.2) is 30.6 Å². The van der Waals surface area contributed by atoms with Gasteiger partial charge in [-0.2, -0.15) is 0 Å². The second-order valence-corrected chi connectivity index (χ2v) is 5.63. The third-order valence-corrected chi connectivity index (χ3v) is 4.06. The predicted molar refractivity (Wildman–Crippen MR) is 87.8 cm³/mol. The molecule has 2 heterocycles. The minimum atomic E-state index is -0.934. The summed E-state index contributed by atoms with van der Waals surface area (Å²) in [5, 5.41) is 3.26. The quantitative estimate of drug-likeness (QED) is 0.913. The minimum absolute atomic E-state index is 0. The van der Waals surface area contributed by atoms with Gasteiger partial charge in [-0.15, -0.1) is 12.4 Å². The number of rotatable bonds is 3. The first-order valence-corrected chi connectivity index (χ1v) is 7.47. The van der Waals surface area contributed by atoms with Crippen molar-refractivity contribution in [1.29, 1.82) is 0 Å². The van der Waals surface area contributed by atoms with Crippen molar-refractivity contribution >= 4 is 18.3 Å². The molecule has 1 unspecified atom stereocenters. The van der Waals surface area contributed by atoms with E-state index in [9.17, 15) is 13.6 Å². The summed E-state index contributed by atoms with van der Waals surface area (Å²) in [6.07, 6.45) is 3.57. The van der Waals surface area contributed by atoms with Gasteiger partial charge in [-0.05, 0) is 17.7 Å². The zero-order valence-electron chi connectivity index (χ0n) is 13.2. The van der Waals surface area contributed by atoms with Crippen molar-refractivity contribution in [3.63, 3.8) is 0 Å². The number of carbonyl (C=O) groups is 1. The van der Waals surface area contributed by atoms with Gasteiger partial charge in [0.15, 0.2) is 11.6 Å². The molecule has 3 rings (SSSR count). The molecule has 1 saturated heterocycles. The Hall–Kier alpha value is -1.99. The molecule has 2 aromatic rings. The second kappa shape index (κ2) is 7.72. The molecule has 130 valence electrons. The van der Waals surface area contributed by atoms with Gasteiger partial charge in [-0.3, -0.25) is 4.79 Å². The highest BCUT2D eigenvalue weighted by Gasteiger charge is 2.30. The number of halogens is 3. The molecule has 24 heavy (non-hydrogen) atoms.